The molecule has 0 aromatic carbocycles. The van der Waals surface area contributed by atoms with Crippen molar-refractivity contribution in [1.82, 2.24) is 4.90 Å². The quantitative estimate of drug-likeness (QED) is 0.556. The van der Waals surface area contributed by atoms with Crippen molar-refractivity contribution < 1.29 is 4.79 Å². The maximum absolute atomic E-state index is 11.1. The van der Waals surface area contributed by atoms with Crippen molar-refractivity contribution in [2.45, 2.75) is 19.3 Å². The highest BCUT2D eigenvalue weighted by molar-refractivity contribution is 6.64. The molecule has 11 heavy (non-hydrogen) atoms. The highest BCUT2D eigenvalue weighted by Crippen LogP contribution is 2.40. The molecule has 0 aromatic rings. The van der Waals surface area contributed by atoms with Crippen molar-refractivity contribution in [1.29, 1.82) is 0 Å². The normalized spacial score (nSPS) is 42.5. The van der Waals surface area contributed by atoms with Gasteiger partial charge in [-0.1, -0.05) is 0 Å². The predicted molar refractivity (Wildman–Crippen MR) is 43.6 cm³/mol. The molecule has 2 aliphatic rings. The number of carbonyl (C=O) groups is 1. The maximum Gasteiger partial charge on any atom is 0.229 e. The third-order valence-corrected chi connectivity index (χ3v) is 3.38. The summed E-state index contributed by atoms with van der Waals surface area (Å²) in [5, 5.41) is -0.111. The second kappa shape index (κ2) is 2.46. The van der Waals surface area contributed by atoms with E-state index in [-0.39, 0.29) is 10.7 Å². The third-order valence-electron chi connectivity index (χ3n) is 2.98. The average Bonchev–Trinajstić information content (AvgIpc) is 2.29. The molecule has 0 N–H and O–H groups in total. The molecule has 2 aliphatic heterocycles. The lowest BCUT2D eigenvalue weighted by Crippen LogP contribution is -2.37. The van der Waals surface area contributed by atoms with Crippen LogP contribution in [0.4, 0.5) is 0 Å². The van der Waals surface area contributed by atoms with Crippen LogP contribution in [-0.2, 0) is 4.79 Å². The summed E-state index contributed by atoms with van der Waals surface area (Å²) in [5.41, 5.74) is -0.153. The van der Waals surface area contributed by atoms with Crippen molar-refractivity contribution >= 4 is 16.8 Å². The summed E-state index contributed by atoms with van der Waals surface area (Å²) in [6, 6.07) is 0. The van der Waals surface area contributed by atoms with Gasteiger partial charge in [0.2, 0.25) is 5.24 Å². The van der Waals surface area contributed by atoms with E-state index in [0.717, 1.165) is 38.9 Å². The van der Waals surface area contributed by atoms with Crippen LogP contribution in [0, 0.1) is 5.41 Å². The first-order valence-electron chi connectivity index (χ1n) is 4.15. The van der Waals surface area contributed by atoms with Crippen LogP contribution >= 0.6 is 11.6 Å². The van der Waals surface area contributed by atoms with Gasteiger partial charge < -0.3 is 4.90 Å². The Morgan fingerprint density at radius 3 is 2.82 bits per heavy atom. The van der Waals surface area contributed by atoms with Crippen LogP contribution in [0.5, 0.6) is 0 Å². The van der Waals surface area contributed by atoms with E-state index in [0.29, 0.717) is 0 Å². The highest BCUT2D eigenvalue weighted by Gasteiger charge is 2.45. The molecule has 2 rings (SSSR count). The fourth-order valence-corrected chi connectivity index (χ4v) is 2.50. The van der Waals surface area contributed by atoms with Crippen LogP contribution in [0.2, 0.25) is 0 Å². The molecular weight excluding hydrogens is 162 g/mol. The summed E-state index contributed by atoms with van der Waals surface area (Å²) >= 11 is 5.57. The van der Waals surface area contributed by atoms with Gasteiger partial charge in [-0.25, -0.2) is 0 Å². The molecule has 2 saturated heterocycles. The van der Waals surface area contributed by atoms with Gasteiger partial charge in [-0.3, -0.25) is 4.79 Å². The molecule has 2 atom stereocenters. The summed E-state index contributed by atoms with van der Waals surface area (Å²) in [6.45, 7) is 3.14. The molecule has 2 fully saturated rings. The summed E-state index contributed by atoms with van der Waals surface area (Å²) in [6.07, 6.45) is 3.12. The van der Waals surface area contributed by atoms with Gasteiger partial charge in [0.25, 0.3) is 0 Å². The second-order valence-electron chi connectivity index (χ2n) is 3.68. The van der Waals surface area contributed by atoms with E-state index in [9.17, 15) is 4.79 Å². The molecular formula is C8H12ClNO. The Bertz CT molecular complexity index is 191. The summed E-state index contributed by atoms with van der Waals surface area (Å²) < 4.78 is 0. The van der Waals surface area contributed by atoms with Gasteiger partial charge in [0, 0.05) is 6.54 Å². The van der Waals surface area contributed by atoms with Crippen LogP contribution in [-0.4, -0.2) is 29.8 Å². The van der Waals surface area contributed by atoms with Crippen LogP contribution in [0.3, 0.4) is 0 Å². The first kappa shape index (κ1) is 7.56. The molecule has 0 amide bonds. The minimum atomic E-state index is -0.153. The first-order valence-corrected chi connectivity index (χ1v) is 4.53. The lowest BCUT2D eigenvalue weighted by atomic mass is 9.82. The number of rotatable bonds is 1. The van der Waals surface area contributed by atoms with E-state index in [4.69, 9.17) is 11.6 Å². The van der Waals surface area contributed by atoms with Crippen LogP contribution in [0.25, 0.3) is 0 Å². The SMILES string of the molecule is O=C(Cl)C12CCCN(CC1)C2. The zero-order chi connectivity index (χ0) is 7.90. The van der Waals surface area contributed by atoms with Crippen LogP contribution in [0.15, 0.2) is 0 Å². The monoisotopic (exact) mass is 173 g/mol. The van der Waals surface area contributed by atoms with Gasteiger partial charge in [-0.05, 0) is 44.0 Å². The Balaban J connectivity index is 2.19. The zero-order valence-electron chi connectivity index (χ0n) is 6.48. The molecule has 2 bridgehead atoms. The highest BCUT2D eigenvalue weighted by atomic mass is 35.5. The van der Waals surface area contributed by atoms with E-state index in [1.165, 1.54) is 0 Å². The number of piperidine rings is 1. The van der Waals surface area contributed by atoms with Gasteiger partial charge >= 0.3 is 0 Å². The van der Waals surface area contributed by atoms with E-state index in [2.05, 4.69) is 4.90 Å². The predicted octanol–water partition coefficient (Wildman–Crippen LogP) is 1.24. The number of nitrogens with zero attached hydrogens (tertiary/aromatic N) is 1. The topological polar surface area (TPSA) is 20.3 Å². The minimum absolute atomic E-state index is 0.111. The molecule has 62 valence electrons. The number of fused-ring (bicyclic) bond motifs is 2. The molecule has 2 nitrogen and oxygen atoms in total. The third kappa shape index (κ3) is 1.09. The molecule has 2 unspecified atom stereocenters. The Kier molecular flexibility index (Phi) is 1.69. The Morgan fingerprint density at radius 1 is 1.36 bits per heavy atom. The van der Waals surface area contributed by atoms with E-state index >= 15 is 0 Å². The van der Waals surface area contributed by atoms with Crippen LogP contribution < -0.4 is 0 Å². The largest absolute Gasteiger partial charge is 0.302 e. The van der Waals surface area contributed by atoms with Gasteiger partial charge in [-0.2, -0.15) is 0 Å². The van der Waals surface area contributed by atoms with E-state index in [1.54, 1.807) is 0 Å². The van der Waals surface area contributed by atoms with Gasteiger partial charge in [0.1, 0.15) is 0 Å². The maximum atomic E-state index is 11.1. The minimum Gasteiger partial charge on any atom is -0.302 e. The number of hydrogen-bond acceptors (Lipinski definition) is 2. The first-order chi connectivity index (χ1) is 5.23. The van der Waals surface area contributed by atoms with Crippen molar-refractivity contribution in [3.8, 4) is 0 Å². The zero-order valence-corrected chi connectivity index (χ0v) is 7.23. The number of halogens is 1. The number of hydrogen-bond donors (Lipinski definition) is 0. The lowest BCUT2D eigenvalue weighted by molar-refractivity contribution is -0.121. The summed E-state index contributed by atoms with van der Waals surface area (Å²) in [4.78, 5) is 13.5. The second-order valence-corrected chi connectivity index (χ2v) is 4.03. The lowest BCUT2D eigenvalue weighted by Gasteiger charge is -2.30. The standard InChI is InChI=1S/C8H12ClNO/c9-7(11)8-2-1-4-10(6-8)5-3-8/h1-6H2. The Morgan fingerprint density at radius 2 is 2.18 bits per heavy atom. The molecule has 0 radical (unpaired) electrons. The summed E-state index contributed by atoms with van der Waals surface area (Å²) in [5.74, 6) is 0. The molecule has 2 heterocycles. The van der Waals surface area contributed by atoms with E-state index in [1.807, 2.05) is 0 Å². The fourth-order valence-electron chi connectivity index (χ4n) is 2.25. The molecule has 0 aromatic heterocycles. The van der Waals surface area contributed by atoms with Crippen molar-refractivity contribution in [2.24, 2.45) is 5.41 Å². The fraction of sp³-hybridized carbons (Fsp3) is 0.875. The number of carbonyl (C=O) groups excluding carboxylic acids is 1. The Hall–Kier alpha value is -0.0800. The van der Waals surface area contributed by atoms with E-state index < -0.39 is 0 Å². The van der Waals surface area contributed by atoms with Gasteiger partial charge in [-0.15, -0.1) is 0 Å². The van der Waals surface area contributed by atoms with Gasteiger partial charge in [0.15, 0.2) is 0 Å². The molecule has 3 heteroatoms. The molecule has 0 saturated carbocycles. The van der Waals surface area contributed by atoms with Crippen LogP contribution in [0.1, 0.15) is 19.3 Å². The van der Waals surface area contributed by atoms with Gasteiger partial charge in [0.05, 0.1) is 5.41 Å². The Labute approximate surface area is 71.5 Å². The average molecular weight is 174 g/mol. The van der Waals surface area contributed by atoms with Crippen molar-refractivity contribution in [3.05, 3.63) is 0 Å². The summed E-state index contributed by atoms with van der Waals surface area (Å²) in [7, 11) is 0. The van der Waals surface area contributed by atoms with Crippen molar-refractivity contribution in [3.63, 3.8) is 0 Å². The molecule has 0 spiro atoms. The molecule has 0 aliphatic carbocycles. The smallest absolute Gasteiger partial charge is 0.229 e. The van der Waals surface area contributed by atoms with Crippen molar-refractivity contribution in [2.75, 3.05) is 19.6 Å².